The van der Waals surface area contributed by atoms with Gasteiger partial charge in [0.1, 0.15) is 6.54 Å². The molecule has 2 aliphatic heterocycles. The van der Waals surface area contributed by atoms with E-state index in [4.69, 9.17) is 9.84 Å². The molecule has 37 heavy (non-hydrogen) atoms. The van der Waals surface area contributed by atoms with Crippen molar-refractivity contribution in [1.29, 1.82) is 0 Å². The van der Waals surface area contributed by atoms with Crippen molar-refractivity contribution in [3.63, 3.8) is 0 Å². The lowest BCUT2D eigenvalue weighted by molar-refractivity contribution is -0.164. The number of benzene rings is 2. The van der Waals surface area contributed by atoms with E-state index in [1.165, 1.54) is 17.0 Å². The number of carbonyl (C=O) groups excluding carboxylic acids is 3. The molecule has 2 heterocycles. The van der Waals surface area contributed by atoms with Gasteiger partial charge in [0.25, 0.3) is 0 Å². The number of alkyl halides is 3. The minimum absolute atomic E-state index is 0.0447. The Morgan fingerprint density at radius 2 is 1.57 bits per heavy atom. The lowest BCUT2D eigenvalue weighted by Crippen LogP contribution is -2.64. The van der Waals surface area contributed by atoms with Crippen LogP contribution in [0.2, 0.25) is 0 Å². The molecule has 1 unspecified atom stereocenters. The highest BCUT2D eigenvalue weighted by atomic mass is 19.4. The molecule has 2 saturated heterocycles. The number of nitrogens with one attached hydrogen (secondary N) is 1. The Kier molecular flexibility index (Phi) is 7.35. The lowest BCUT2D eigenvalue weighted by atomic mass is 9.75. The number of hydrogen-bond donors (Lipinski definition) is 2. The third-order valence-corrected chi connectivity index (χ3v) is 6.85. The second-order valence-electron chi connectivity index (χ2n) is 9.22. The van der Waals surface area contributed by atoms with E-state index < -0.39 is 53.3 Å². The summed E-state index contributed by atoms with van der Waals surface area (Å²) in [6.07, 6.45) is -3.64. The fourth-order valence-corrected chi connectivity index (χ4v) is 4.85. The van der Waals surface area contributed by atoms with Crippen molar-refractivity contribution in [3.8, 4) is 11.1 Å². The molecule has 0 aromatic heterocycles. The molecule has 0 aliphatic carbocycles. The number of carboxylic acids is 1. The van der Waals surface area contributed by atoms with E-state index >= 15 is 0 Å². The van der Waals surface area contributed by atoms with E-state index in [2.05, 4.69) is 5.32 Å². The Labute approximate surface area is 210 Å². The molecule has 8 nitrogen and oxygen atoms in total. The number of carboxylic acid groups (broad SMARTS) is 1. The molecule has 2 aromatic carbocycles. The quantitative estimate of drug-likeness (QED) is 0.569. The summed E-state index contributed by atoms with van der Waals surface area (Å²) < 4.78 is 44.0. The molecule has 196 valence electrons. The number of nitrogens with zero attached hydrogens (tertiary/aromatic N) is 1. The van der Waals surface area contributed by atoms with Crippen LogP contribution in [0, 0.1) is 5.92 Å². The van der Waals surface area contributed by atoms with Gasteiger partial charge in [-0.3, -0.25) is 19.2 Å². The van der Waals surface area contributed by atoms with Gasteiger partial charge in [-0.1, -0.05) is 36.4 Å². The molecule has 2 aromatic rings. The molecule has 2 aliphatic rings. The summed E-state index contributed by atoms with van der Waals surface area (Å²) in [6.45, 7) is 0.0853. The van der Waals surface area contributed by atoms with Crippen molar-refractivity contribution >= 4 is 23.6 Å². The van der Waals surface area contributed by atoms with Crippen LogP contribution in [0.1, 0.15) is 30.4 Å². The summed E-state index contributed by atoms with van der Waals surface area (Å²) in [4.78, 5) is 51.2. The number of amides is 2. The number of likely N-dealkylation sites (tertiary alicyclic amines) is 1. The Bertz CT molecular complexity index is 1190. The van der Waals surface area contributed by atoms with Gasteiger partial charge in [-0.15, -0.1) is 0 Å². The molecular formula is C26H25F3N2O6. The zero-order chi connectivity index (χ0) is 26.8. The van der Waals surface area contributed by atoms with E-state index in [-0.39, 0.29) is 13.0 Å². The van der Waals surface area contributed by atoms with Crippen LogP contribution in [0.15, 0.2) is 48.5 Å². The predicted octanol–water partition coefficient (Wildman–Crippen LogP) is 3.04. The largest absolute Gasteiger partial charge is 0.480 e. The first kappa shape index (κ1) is 26.3. The minimum Gasteiger partial charge on any atom is -0.480 e. The highest BCUT2D eigenvalue weighted by Gasteiger charge is 2.53. The monoisotopic (exact) mass is 518 g/mol. The number of halogens is 3. The smallest absolute Gasteiger partial charge is 0.416 e. The third-order valence-electron chi connectivity index (χ3n) is 6.85. The van der Waals surface area contributed by atoms with Crippen LogP contribution in [0.25, 0.3) is 11.1 Å². The van der Waals surface area contributed by atoms with Gasteiger partial charge in [-0.25, -0.2) is 0 Å². The van der Waals surface area contributed by atoms with Crippen molar-refractivity contribution in [3.05, 3.63) is 59.7 Å². The molecule has 1 atom stereocenters. The zero-order valence-electron chi connectivity index (χ0n) is 19.7. The summed E-state index contributed by atoms with van der Waals surface area (Å²) in [5.74, 6) is -5.10. The van der Waals surface area contributed by atoms with E-state index in [1.807, 2.05) is 0 Å². The van der Waals surface area contributed by atoms with Gasteiger partial charge in [0, 0.05) is 26.2 Å². The van der Waals surface area contributed by atoms with Crippen molar-refractivity contribution in [2.24, 2.45) is 5.92 Å². The molecule has 0 saturated carbocycles. The van der Waals surface area contributed by atoms with Crippen molar-refractivity contribution in [2.45, 2.75) is 37.5 Å². The molecule has 2 N–H and O–H groups in total. The number of rotatable bonds is 6. The van der Waals surface area contributed by atoms with Crippen LogP contribution in [-0.4, -0.2) is 58.9 Å². The molecule has 0 radical (unpaired) electrons. The first-order valence-corrected chi connectivity index (χ1v) is 11.7. The maximum Gasteiger partial charge on any atom is 0.416 e. The Hall–Kier alpha value is -3.73. The number of carbonyl (C=O) groups is 4. The lowest BCUT2D eigenvalue weighted by Gasteiger charge is -2.50. The van der Waals surface area contributed by atoms with Gasteiger partial charge in [0.05, 0.1) is 11.1 Å². The maximum absolute atomic E-state index is 13.5. The maximum atomic E-state index is 13.5. The summed E-state index contributed by atoms with van der Waals surface area (Å²) in [5, 5.41) is 11.0. The average molecular weight is 518 g/mol. The Balaban J connectivity index is 1.56. The SMILES string of the molecule is O=C(O)CNC(=O)C1C(=O)CC2(CCOCC2)N(Cc2ccc(-c3ccc(C(F)(F)F)cc3)cc2)C1=O. The first-order valence-electron chi connectivity index (χ1n) is 11.7. The third kappa shape index (κ3) is 5.66. The first-order chi connectivity index (χ1) is 17.5. The van der Waals surface area contributed by atoms with Gasteiger partial charge in [0.2, 0.25) is 11.8 Å². The highest BCUT2D eigenvalue weighted by Crippen LogP contribution is 2.39. The molecule has 4 rings (SSSR count). The summed E-state index contributed by atoms with van der Waals surface area (Å²) in [7, 11) is 0. The standard InChI is InChI=1S/C26H25F3N2O6/c27-26(28,29)19-7-5-18(6-8-19)17-3-1-16(2-4-17)15-31-24(36)22(23(35)30-14-21(33)34)20(32)13-25(31)9-11-37-12-10-25/h1-8,22H,9-15H2,(H,30,35)(H,33,34). The second kappa shape index (κ2) is 10.3. The van der Waals surface area contributed by atoms with Crippen LogP contribution in [0.5, 0.6) is 0 Å². The van der Waals surface area contributed by atoms with Crippen molar-refractivity contribution in [2.75, 3.05) is 19.8 Å². The van der Waals surface area contributed by atoms with Gasteiger partial charge in [-0.05, 0) is 41.7 Å². The Morgan fingerprint density at radius 3 is 2.11 bits per heavy atom. The molecule has 11 heteroatoms. The topological polar surface area (TPSA) is 113 Å². The zero-order valence-corrected chi connectivity index (χ0v) is 19.7. The fourth-order valence-electron chi connectivity index (χ4n) is 4.85. The van der Waals surface area contributed by atoms with Crippen LogP contribution in [0.4, 0.5) is 13.2 Å². The molecule has 2 fully saturated rings. The molecule has 0 bridgehead atoms. The average Bonchev–Trinajstić information content (AvgIpc) is 2.86. The number of hydrogen-bond acceptors (Lipinski definition) is 5. The normalized spacial score (nSPS) is 19.6. The van der Waals surface area contributed by atoms with Crippen LogP contribution in [0.3, 0.4) is 0 Å². The number of piperidine rings is 1. The number of Topliss-reactive ketones (excluding diaryl/α,β-unsaturated/α-hetero) is 1. The van der Waals surface area contributed by atoms with Crippen molar-refractivity contribution < 1.29 is 42.2 Å². The van der Waals surface area contributed by atoms with Crippen LogP contribution >= 0.6 is 0 Å². The molecule has 1 spiro atoms. The van der Waals surface area contributed by atoms with Crippen LogP contribution < -0.4 is 5.32 Å². The van der Waals surface area contributed by atoms with Gasteiger partial charge in [0.15, 0.2) is 11.7 Å². The summed E-state index contributed by atoms with van der Waals surface area (Å²) >= 11 is 0. The number of ketones is 1. The van der Waals surface area contributed by atoms with Crippen LogP contribution in [-0.2, 0) is 36.6 Å². The van der Waals surface area contributed by atoms with E-state index in [0.717, 1.165) is 12.1 Å². The molecular weight excluding hydrogens is 493 g/mol. The van der Waals surface area contributed by atoms with E-state index in [9.17, 15) is 32.3 Å². The molecule has 2 amide bonds. The van der Waals surface area contributed by atoms with Gasteiger partial charge in [-0.2, -0.15) is 13.2 Å². The predicted molar refractivity (Wildman–Crippen MR) is 124 cm³/mol. The highest BCUT2D eigenvalue weighted by molar-refractivity contribution is 6.20. The van der Waals surface area contributed by atoms with Gasteiger partial charge < -0.3 is 20.1 Å². The van der Waals surface area contributed by atoms with Gasteiger partial charge >= 0.3 is 12.1 Å². The van der Waals surface area contributed by atoms with Crippen molar-refractivity contribution in [1.82, 2.24) is 10.2 Å². The van der Waals surface area contributed by atoms with E-state index in [0.29, 0.717) is 42.7 Å². The summed E-state index contributed by atoms with van der Waals surface area (Å²) in [5.41, 5.74) is 0.422. The van der Waals surface area contributed by atoms with E-state index in [1.54, 1.807) is 24.3 Å². The summed E-state index contributed by atoms with van der Waals surface area (Å²) in [6, 6.07) is 11.7. The minimum atomic E-state index is -4.42. The fraction of sp³-hybridized carbons (Fsp3) is 0.385. The number of ether oxygens (including phenoxy) is 1. The second-order valence-corrected chi connectivity index (χ2v) is 9.22. The Morgan fingerprint density at radius 1 is 1.00 bits per heavy atom. The number of aliphatic carboxylic acids is 1.